The highest BCUT2D eigenvalue weighted by Gasteiger charge is 2.33. The molecule has 5 nitrogen and oxygen atoms in total. The molecule has 0 radical (unpaired) electrons. The van der Waals surface area contributed by atoms with Gasteiger partial charge in [-0.25, -0.2) is 9.78 Å². The van der Waals surface area contributed by atoms with Gasteiger partial charge < -0.3 is 14.2 Å². The zero-order valence-electron chi connectivity index (χ0n) is 9.79. The molecule has 1 heterocycles. The standard InChI is InChI=1S/C10H10F3NO4/c1-5-6(9(15)17-3)4-7(8(14-5)16-2)18-10(11,12)13/h4H,1-3H3. The number of halogens is 3. The number of rotatable bonds is 3. The fourth-order valence-corrected chi connectivity index (χ4v) is 1.23. The monoisotopic (exact) mass is 265 g/mol. The number of hydrogen-bond donors (Lipinski definition) is 0. The molecule has 0 fully saturated rings. The van der Waals surface area contributed by atoms with Crippen molar-refractivity contribution in [2.75, 3.05) is 14.2 Å². The summed E-state index contributed by atoms with van der Waals surface area (Å²) in [6.45, 7) is 1.44. The van der Waals surface area contributed by atoms with E-state index >= 15 is 0 Å². The lowest BCUT2D eigenvalue weighted by Crippen LogP contribution is -2.19. The van der Waals surface area contributed by atoms with Crippen LogP contribution in [-0.4, -0.2) is 31.5 Å². The average molecular weight is 265 g/mol. The predicted octanol–water partition coefficient (Wildman–Crippen LogP) is 2.08. The number of carbonyl (C=O) groups is 1. The molecule has 0 aromatic carbocycles. The highest BCUT2D eigenvalue weighted by molar-refractivity contribution is 5.91. The number of nitrogens with zero attached hydrogens (tertiary/aromatic N) is 1. The molecule has 0 aliphatic heterocycles. The van der Waals surface area contributed by atoms with Crippen LogP contribution >= 0.6 is 0 Å². The van der Waals surface area contributed by atoms with Gasteiger partial charge in [-0.1, -0.05) is 0 Å². The van der Waals surface area contributed by atoms with Crippen molar-refractivity contribution in [1.82, 2.24) is 4.98 Å². The molecule has 0 saturated heterocycles. The smallest absolute Gasteiger partial charge is 0.478 e. The first-order chi connectivity index (χ1) is 8.28. The molecule has 0 amide bonds. The summed E-state index contributed by atoms with van der Waals surface area (Å²) in [5, 5.41) is 0. The number of hydrogen-bond acceptors (Lipinski definition) is 5. The fourth-order valence-electron chi connectivity index (χ4n) is 1.23. The van der Waals surface area contributed by atoms with Crippen molar-refractivity contribution >= 4 is 5.97 Å². The largest absolute Gasteiger partial charge is 0.573 e. The molecule has 8 heteroatoms. The van der Waals surface area contributed by atoms with Crippen LogP contribution in [0.3, 0.4) is 0 Å². The number of alkyl halides is 3. The second kappa shape index (κ2) is 5.11. The molecule has 0 aliphatic carbocycles. The second-order valence-electron chi connectivity index (χ2n) is 3.17. The Morgan fingerprint density at radius 3 is 2.39 bits per heavy atom. The summed E-state index contributed by atoms with van der Waals surface area (Å²) in [6, 6.07) is 0.875. The molecule has 1 aromatic rings. The molecule has 100 valence electrons. The van der Waals surface area contributed by atoms with E-state index in [-0.39, 0.29) is 17.1 Å². The summed E-state index contributed by atoms with van der Waals surface area (Å²) in [6.07, 6.45) is -4.91. The molecule has 0 bridgehead atoms. The molecule has 18 heavy (non-hydrogen) atoms. The Kier molecular flexibility index (Phi) is 4.00. The molecule has 0 saturated carbocycles. The van der Waals surface area contributed by atoms with Crippen LogP contribution in [0.1, 0.15) is 16.1 Å². The Morgan fingerprint density at radius 2 is 1.94 bits per heavy atom. The maximum Gasteiger partial charge on any atom is 0.573 e. The van der Waals surface area contributed by atoms with Gasteiger partial charge in [-0.3, -0.25) is 0 Å². The van der Waals surface area contributed by atoms with Crippen molar-refractivity contribution in [1.29, 1.82) is 0 Å². The van der Waals surface area contributed by atoms with Gasteiger partial charge in [-0.15, -0.1) is 13.2 Å². The number of carbonyl (C=O) groups excluding carboxylic acids is 1. The minimum atomic E-state index is -4.91. The van der Waals surface area contributed by atoms with Crippen LogP contribution < -0.4 is 9.47 Å². The van der Waals surface area contributed by atoms with Gasteiger partial charge >= 0.3 is 12.3 Å². The van der Waals surface area contributed by atoms with Gasteiger partial charge in [0.2, 0.25) is 0 Å². The van der Waals surface area contributed by atoms with E-state index in [0.717, 1.165) is 20.3 Å². The first-order valence-corrected chi connectivity index (χ1v) is 4.68. The van der Waals surface area contributed by atoms with Crippen LogP contribution in [-0.2, 0) is 4.74 Å². The third-order valence-corrected chi connectivity index (χ3v) is 1.97. The molecule has 1 rings (SSSR count). The average Bonchev–Trinajstić information content (AvgIpc) is 2.28. The van der Waals surface area contributed by atoms with Crippen LogP contribution in [0.2, 0.25) is 0 Å². The van der Waals surface area contributed by atoms with Crippen LogP contribution in [0.5, 0.6) is 11.6 Å². The molecule has 0 unspecified atom stereocenters. The zero-order chi connectivity index (χ0) is 13.9. The third kappa shape index (κ3) is 3.25. The predicted molar refractivity (Wildman–Crippen MR) is 53.5 cm³/mol. The second-order valence-corrected chi connectivity index (χ2v) is 3.17. The summed E-state index contributed by atoms with van der Waals surface area (Å²) < 4.78 is 49.2. The number of aryl methyl sites for hydroxylation is 1. The van der Waals surface area contributed by atoms with Crippen molar-refractivity contribution in [2.24, 2.45) is 0 Å². The fraction of sp³-hybridized carbons (Fsp3) is 0.400. The van der Waals surface area contributed by atoms with Crippen LogP contribution in [0, 0.1) is 6.92 Å². The molecule has 0 spiro atoms. The van der Waals surface area contributed by atoms with Crippen molar-refractivity contribution < 1.29 is 32.2 Å². The molecular weight excluding hydrogens is 255 g/mol. The van der Waals surface area contributed by atoms with E-state index < -0.39 is 18.1 Å². The highest BCUT2D eigenvalue weighted by atomic mass is 19.4. The van der Waals surface area contributed by atoms with Crippen molar-refractivity contribution in [3.05, 3.63) is 17.3 Å². The normalized spacial score (nSPS) is 11.0. The number of pyridine rings is 1. The quantitative estimate of drug-likeness (QED) is 0.783. The Morgan fingerprint density at radius 1 is 1.33 bits per heavy atom. The summed E-state index contributed by atoms with van der Waals surface area (Å²) in [7, 11) is 2.25. The minimum Gasteiger partial charge on any atom is -0.478 e. The lowest BCUT2D eigenvalue weighted by molar-refractivity contribution is -0.275. The molecular formula is C10H10F3NO4. The van der Waals surface area contributed by atoms with Gasteiger partial charge in [0.25, 0.3) is 5.88 Å². The third-order valence-electron chi connectivity index (χ3n) is 1.97. The number of methoxy groups -OCH3 is 2. The molecule has 1 aromatic heterocycles. The summed E-state index contributed by atoms with van der Waals surface area (Å²) in [4.78, 5) is 15.0. The highest BCUT2D eigenvalue weighted by Crippen LogP contribution is 2.32. The van der Waals surface area contributed by atoms with Gasteiger partial charge in [0.15, 0.2) is 5.75 Å². The Labute approximate surface area is 100 Å². The van der Waals surface area contributed by atoms with Crippen molar-refractivity contribution in [3.63, 3.8) is 0 Å². The van der Waals surface area contributed by atoms with Crippen molar-refractivity contribution in [2.45, 2.75) is 13.3 Å². The number of ether oxygens (including phenoxy) is 3. The first-order valence-electron chi connectivity index (χ1n) is 4.68. The number of aromatic nitrogens is 1. The molecule has 0 aliphatic rings. The van der Waals surface area contributed by atoms with E-state index in [4.69, 9.17) is 0 Å². The van der Waals surface area contributed by atoms with E-state index in [1.807, 2.05) is 0 Å². The first kappa shape index (κ1) is 14.1. The van der Waals surface area contributed by atoms with Crippen LogP contribution in [0.25, 0.3) is 0 Å². The molecule has 0 N–H and O–H groups in total. The SMILES string of the molecule is COC(=O)c1cc(OC(F)(F)F)c(OC)nc1C. The summed E-state index contributed by atoms with van der Waals surface area (Å²) >= 11 is 0. The van der Waals surface area contributed by atoms with Gasteiger partial charge in [0.05, 0.1) is 25.5 Å². The van der Waals surface area contributed by atoms with Crippen LogP contribution in [0.4, 0.5) is 13.2 Å². The van der Waals surface area contributed by atoms with Gasteiger partial charge in [0.1, 0.15) is 0 Å². The Bertz CT molecular complexity index is 459. The summed E-state index contributed by atoms with van der Waals surface area (Å²) in [5.74, 6) is -1.87. The topological polar surface area (TPSA) is 57.7 Å². The summed E-state index contributed by atoms with van der Waals surface area (Å²) in [5.41, 5.74) is 0.0470. The van der Waals surface area contributed by atoms with Gasteiger partial charge in [-0.2, -0.15) is 0 Å². The Hall–Kier alpha value is -1.99. The van der Waals surface area contributed by atoms with Crippen LogP contribution in [0.15, 0.2) is 6.07 Å². The van der Waals surface area contributed by atoms with E-state index in [1.54, 1.807) is 0 Å². The lowest BCUT2D eigenvalue weighted by Gasteiger charge is -2.13. The number of esters is 1. The van der Waals surface area contributed by atoms with E-state index in [2.05, 4.69) is 19.2 Å². The van der Waals surface area contributed by atoms with Crippen molar-refractivity contribution in [3.8, 4) is 11.6 Å². The lowest BCUT2D eigenvalue weighted by atomic mass is 10.2. The van der Waals surface area contributed by atoms with E-state index in [0.29, 0.717) is 0 Å². The van der Waals surface area contributed by atoms with Gasteiger partial charge in [0, 0.05) is 6.07 Å². The minimum absolute atomic E-state index is 0.127. The zero-order valence-corrected chi connectivity index (χ0v) is 9.79. The van der Waals surface area contributed by atoms with E-state index in [9.17, 15) is 18.0 Å². The van der Waals surface area contributed by atoms with Gasteiger partial charge in [-0.05, 0) is 6.92 Å². The maximum atomic E-state index is 12.2. The Balaban J connectivity index is 3.26. The van der Waals surface area contributed by atoms with E-state index in [1.165, 1.54) is 6.92 Å². The molecule has 0 atom stereocenters. The maximum absolute atomic E-state index is 12.2.